The van der Waals surface area contributed by atoms with Gasteiger partial charge in [0.15, 0.2) is 0 Å². The van der Waals surface area contributed by atoms with Crippen molar-refractivity contribution in [3.8, 4) is 0 Å². The molecule has 4 heteroatoms. The molecule has 0 spiro atoms. The molecule has 0 atom stereocenters. The van der Waals surface area contributed by atoms with Gasteiger partial charge in [-0.25, -0.2) is 0 Å². The van der Waals surface area contributed by atoms with Crippen LogP contribution in [0.1, 0.15) is 51.4 Å². The lowest BCUT2D eigenvalue weighted by Crippen LogP contribution is -2.34. The fraction of sp³-hybridized carbons (Fsp3) is 0.833. The Kier molecular flexibility index (Phi) is 5.29. The lowest BCUT2D eigenvalue weighted by molar-refractivity contribution is -0.137. The molecular weight excluding hydrogens is 206 g/mol. The van der Waals surface area contributed by atoms with Crippen LogP contribution in [0.4, 0.5) is 0 Å². The van der Waals surface area contributed by atoms with Crippen LogP contribution in [0.5, 0.6) is 0 Å². The van der Waals surface area contributed by atoms with Gasteiger partial charge in [0.05, 0.1) is 0 Å². The summed E-state index contributed by atoms with van der Waals surface area (Å²) in [6.07, 6.45) is 6.62. The Balaban J connectivity index is 2.15. The zero-order valence-corrected chi connectivity index (χ0v) is 9.95. The topological polar surface area (TPSA) is 57.6 Å². The van der Waals surface area contributed by atoms with Gasteiger partial charge in [0.25, 0.3) is 0 Å². The van der Waals surface area contributed by atoms with E-state index in [0.29, 0.717) is 25.3 Å². The zero-order chi connectivity index (χ0) is 12.0. The summed E-state index contributed by atoms with van der Waals surface area (Å²) in [5, 5.41) is 8.47. The van der Waals surface area contributed by atoms with Crippen molar-refractivity contribution in [3.05, 3.63) is 0 Å². The zero-order valence-electron chi connectivity index (χ0n) is 9.95. The lowest BCUT2D eigenvalue weighted by atomic mass is 10.1. The summed E-state index contributed by atoms with van der Waals surface area (Å²) >= 11 is 0. The van der Waals surface area contributed by atoms with E-state index in [4.69, 9.17) is 5.11 Å². The smallest absolute Gasteiger partial charge is 0.303 e. The Morgan fingerprint density at radius 1 is 1.19 bits per heavy atom. The predicted octanol–water partition coefficient (Wildman–Crippen LogP) is 2.03. The number of carbonyl (C=O) groups excluding carboxylic acids is 1. The van der Waals surface area contributed by atoms with Gasteiger partial charge >= 0.3 is 5.97 Å². The van der Waals surface area contributed by atoms with Gasteiger partial charge < -0.3 is 10.0 Å². The molecular formula is C12H21NO3. The molecule has 4 nitrogen and oxygen atoms in total. The molecule has 92 valence electrons. The molecule has 1 aliphatic carbocycles. The van der Waals surface area contributed by atoms with Gasteiger partial charge in [-0.3, -0.25) is 9.59 Å². The Hall–Kier alpha value is -1.06. The van der Waals surface area contributed by atoms with Gasteiger partial charge in [-0.15, -0.1) is 0 Å². The van der Waals surface area contributed by atoms with Gasteiger partial charge in [0.2, 0.25) is 5.91 Å². The van der Waals surface area contributed by atoms with Gasteiger partial charge in [0.1, 0.15) is 0 Å². The van der Waals surface area contributed by atoms with Crippen LogP contribution in [-0.4, -0.2) is 35.0 Å². The summed E-state index contributed by atoms with van der Waals surface area (Å²) in [5.74, 6) is -0.617. The summed E-state index contributed by atoms with van der Waals surface area (Å²) in [4.78, 5) is 23.9. The number of hydrogen-bond acceptors (Lipinski definition) is 2. The molecule has 1 rings (SSSR count). The fourth-order valence-electron chi connectivity index (χ4n) is 2.22. The molecule has 0 aromatic carbocycles. The third-order valence-electron chi connectivity index (χ3n) is 3.30. The van der Waals surface area contributed by atoms with Crippen LogP contribution < -0.4 is 0 Å². The molecule has 0 aromatic heterocycles. The summed E-state index contributed by atoms with van der Waals surface area (Å²) in [6.45, 7) is 0. The lowest BCUT2D eigenvalue weighted by Gasteiger charge is -2.24. The third-order valence-corrected chi connectivity index (χ3v) is 3.30. The SMILES string of the molecule is CN(C(=O)CCCCC(=O)O)C1CCCC1. The highest BCUT2D eigenvalue weighted by molar-refractivity contribution is 5.76. The van der Waals surface area contributed by atoms with Crippen LogP contribution in [-0.2, 0) is 9.59 Å². The molecule has 1 amide bonds. The molecule has 1 aliphatic rings. The van der Waals surface area contributed by atoms with Crippen LogP contribution in [0.25, 0.3) is 0 Å². The number of nitrogens with zero attached hydrogens (tertiary/aromatic N) is 1. The largest absolute Gasteiger partial charge is 0.481 e. The average Bonchev–Trinajstić information content (AvgIpc) is 2.76. The van der Waals surface area contributed by atoms with Crippen molar-refractivity contribution in [1.29, 1.82) is 0 Å². The second kappa shape index (κ2) is 6.51. The van der Waals surface area contributed by atoms with E-state index in [1.807, 2.05) is 11.9 Å². The maximum Gasteiger partial charge on any atom is 0.303 e. The number of rotatable bonds is 6. The first-order chi connectivity index (χ1) is 7.61. The van der Waals surface area contributed by atoms with E-state index in [0.717, 1.165) is 12.8 Å². The van der Waals surface area contributed by atoms with Crippen molar-refractivity contribution in [2.24, 2.45) is 0 Å². The van der Waals surface area contributed by atoms with E-state index in [1.165, 1.54) is 12.8 Å². The average molecular weight is 227 g/mol. The Morgan fingerprint density at radius 3 is 2.31 bits per heavy atom. The first-order valence-corrected chi connectivity index (χ1v) is 6.08. The number of carboxylic acids is 1. The summed E-state index contributed by atoms with van der Waals surface area (Å²) < 4.78 is 0. The van der Waals surface area contributed by atoms with Crippen LogP contribution in [0.15, 0.2) is 0 Å². The number of hydrogen-bond donors (Lipinski definition) is 1. The number of unbranched alkanes of at least 4 members (excludes halogenated alkanes) is 1. The van der Waals surface area contributed by atoms with Crippen LogP contribution in [0.3, 0.4) is 0 Å². The summed E-state index contributed by atoms with van der Waals surface area (Å²) in [5.41, 5.74) is 0. The van der Waals surface area contributed by atoms with Crippen LogP contribution >= 0.6 is 0 Å². The van der Waals surface area contributed by atoms with E-state index >= 15 is 0 Å². The van der Waals surface area contributed by atoms with Crippen molar-refractivity contribution < 1.29 is 14.7 Å². The highest BCUT2D eigenvalue weighted by Crippen LogP contribution is 2.23. The van der Waals surface area contributed by atoms with Crippen molar-refractivity contribution >= 4 is 11.9 Å². The maximum atomic E-state index is 11.8. The Morgan fingerprint density at radius 2 is 1.75 bits per heavy atom. The summed E-state index contributed by atoms with van der Waals surface area (Å²) in [6, 6.07) is 0.423. The quantitative estimate of drug-likeness (QED) is 0.706. The standard InChI is InChI=1S/C12H21NO3/c1-13(10-6-2-3-7-10)11(14)8-4-5-9-12(15)16/h10H,2-9H2,1H3,(H,15,16). The first-order valence-electron chi connectivity index (χ1n) is 6.08. The second-order valence-corrected chi connectivity index (χ2v) is 4.54. The van der Waals surface area contributed by atoms with E-state index in [2.05, 4.69) is 0 Å². The van der Waals surface area contributed by atoms with Crippen molar-refractivity contribution in [1.82, 2.24) is 4.90 Å². The monoisotopic (exact) mass is 227 g/mol. The third kappa shape index (κ3) is 4.21. The molecule has 0 radical (unpaired) electrons. The van der Waals surface area contributed by atoms with Gasteiger partial charge in [-0.2, -0.15) is 0 Å². The van der Waals surface area contributed by atoms with E-state index in [-0.39, 0.29) is 12.3 Å². The van der Waals surface area contributed by atoms with Crippen molar-refractivity contribution in [2.75, 3.05) is 7.05 Å². The van der Waals surface area contributed by atoms with Crippen molar-refractivity contribution in [3.63, 3.8) is 0 Å². The van der Waals surface area contributed by atoms with Crippen molar-refractivity contribution in [2.45, 2.75) is 57.4 Å². The van der Waals surface area contributed by atoms with E-state index in [9.17, 15) is 9.59 Å². The normalized spacial score (nSPS) is 16.3. The van der Waals surface area contributed by atoms with Gasteiger partial charge in [-0.1, -0.05) is 12.8 Å². The molecule has 0 bridgehead atoms. The van der Waals surface area contributed by atoms with Crippen LogP contribution in [0.2, 0.25) is 0 Å². The summed E-state index contributed by atoms with van der Waals surface area (Å²) in [7, 11) is 1.87. The van der Waals surface area contributed by atoms with E-state index in [1.54, 1.807) is 0 Å². The molecule has 1 fully saturated rings. The van der Waals surface area contributed by atoms with Gasteiger partial charge in [-0.05, 0) is 25.7 Å². The number of amides is 1. The van der Waals surface area contributed by atoms with E-state index < -0.39 is 5.97 Å². The molecule has 0 heterocycles. The fourth-order valence-corrected chi connectivity index (χ4v) is 2.22. The minimum absolute atomic E-state index is 0.164. The number of carboxylic acid groups (broad SMARTS) is 1. The minimum Gasteiger partial charge on any atom is -0.481 e. The maximum absolute atomic E-state index is 11.8. The number of aliphatic carboxylic acids is 1. The van der Waals surface area contributed by atoms with Crippen LogP contribution in [0, 0.1) is 0 Å². The molecule has 1 saturated carbocycles. The molecule has 0 aliphatic heterocycles. The molecule has 0 saturated heterocycles. The molecule has 1 N–H and O–H groups in total. The van der Waals surface area contributed by atoms with Gasteiger partial charge in [0, 0.05) is 25.9 Å². The minimum atomic E-state index is -0.781. The Labute approximate surface area is 96.6 Å². The highest BCUT2D eigenvalue weighted by Gasteiger charge is 2.22. The molecule has 0 unspecified atom stereocenters. The first kappa shape index (κ1) is 13.0. The number of carbonyl (C=O) groups is 2. The molecule has 0 aromatic rings. The highest BCUT2D eigenvalue weighted by atomic mass is 16.4. The molecule has 16 heavy (non-hydrogen) atoms. The Bertz CT molecular complexity index is 247. The second-order valence-electron chi connectivity index (χ2n) is 4.54. The predicted molar refractivity (Wildman–Crippen MR) is 61.1 cm³/mol.